The highest BCUT2D eigenvalue weighted by molar-refractivity contribution is 8.00. The van der Waals surface area contributed by atoms with E-state index in [4.69, 9.17) is 16.3 Å². The molecule has 2 aliphatic carbocycles. The number of amides is 3. The third kappa shape index (κ3) is 4.64. The van der Waals surface area contributed by atoms with E-state index >= 15 is 0 Å². The Hall–Kier alpha value is -3.86. The van der Waals surface area contributed by atoms with Crippen LogP contribution in [0.2, 0.25) is 5.02 Å². The molecule has 0 radical (unpaired) electrons. The van der Waals surface area contributed by atoms with Crippen LogP contribution < -0.4 is 19.8 Å². The van der Waals surface area contributed by atoms with Gasteiger partial charge in [-0.15, -0.1) is 11.8 Å². The highest BCUT2D eigenvalue weighted by Crippen LogP contribution is 2.68. The molecule has 11 heteroatoms. The summed E-state index contributed by atoms with van der Waals surface area (Å²) in [4.78, 5) is 58.3. The topological polar surface area (TPSA) is 109 Å². The summed E-state index contributed by atoms with van der Waals surface area (Å²) in [7, 11) is 0. The molecule has 8 nitrogen and oxygen atoms in total. The van der Waals surface area contributed by atoms with Crippen LogP contribution >= 0.6 is 34.7 Å². The van der Waals surface area contributed by atoms with Crippen molar-refractivity contribution in [1.29, 1.82) is 0 Å². The molecule has 3 heterocycles. The maximum Gasteiger partial charge on any atom is 0.305 e. The number of carbonyl (C=O) groups is 3. The molecule has 4 aromatic rings. The lowest BCUT2D eigenvalue weighted by molar-refractivity contribution is -0.123. The lowest BCUT2D eigenvalue weighted by Gasteiger charge is -2.43. The lowest BCUT2D eigenvalue weighted by Crippen LogP contribution is -2.42. The van der Waals surface area contributed by atoms with Crippen molar-refractivity contribution in [2.75, 3.05) is 16.8 Å². The molecule has 0 spiro atoms. The van der Waals surface area contributed by atoms with E-state index in [1.807, 2.05) is 55.5 Å². The van der Waals surface area contributed by atoms with Crippen molar-refractivity contribution >= 4 is 63.8 Å². The number of fused-ring (bicyclic) bond motifs is 9. The SMILES string of the molecule is Cc1ccccc1NC(=O)COc1cccc([C@H]2c3sc(=O)[nH]c3SC3C2[C@H]2C[C@@H]3C3C(=O)N(c4ccc(Cl)cc4)C(=O)C32)c1. The van der Waals surface area contributed by atoms with E-state index in [2.05, 4.69) is 10.3 Å². The average Bonchev–Trinajstić information content (AvgIpc) is 3.77. The third-order valence-corrected chi connectivity index (χ3v) is 12.7. The van der Waals surface area contributed by atoms with Crippen LogP contribution in [0.25, 0.3) is 0 Å². The zero-order valence-electron chi connectivity index (χ0n) is 24.1. The summed E-state index contributed by atoms with van der Waals surface area (Å²) in [5, 5.41) is 4.36. The van der Waals surface area contributed by atoms with Crippen molar-refractivity contribution in [2.45, 2.75) is 29.5 Å². The number of nitrogens with one attached hydrogen (secondary N) is 2. The standard InChI is InChI=1S/C34H28ClN3O5S2/c1-16-5-2-3-8-23(16)36-24(39)15-43-20-7-4-6-17(13-20)25-26-21-14-22(29(26)44-31-30(25)45-34(42)37-31)28-27(21)32(40)38(33(28)41)19-11-9-18(35)10-12-19/h2-13,21-22,25-29H,14-15H2,1H3,(H,36,39)(H,37,42)/t21-,22-,25-,26?,27?,28?,29?/m1/s1. The fourth-order valence-corrected chi connectivity index (χ4v) is 11.1. The molecule has 4 aliphatic rings. The number of hydrogen-bond donors (Lipinski definition) is 2. The second kappa shape index (κ2) is 10.9. The number of ether oxygens (including phenoxy) is 1. The first-order chi connectivity index (χ1) is 21.8. The molecule has 2 aliphatic heterocycles. The molecule has 228 valence electrons. The Morgan fingerprint density at radius 1 is 1.00 bits per heavy atom. The van der Waals surface area contributed by atoms with Crippen molar-refractivity contribution in [3.8, 4) is 5.75 Å². The first kappa shape index (κ1) is 28.6. The number of nitrogens with zero attached hydrogens (tertiary/aromatic N) is 1. The summed E-state index contributed by atoms with van der Waals surface area (Å²) in [6, 6.07) is 22.1. The number of imide groups is 1. The number of hydrogen-bond acceptors (Lipinski definition) is 7. The quantitative estimate of drug-likeness (QED) is 0.243. The van der Waals surface area contributed by atoms with Crippen LogP contribution in [0, 0.1) is 36.5 Å². The van der Waals surface area contributed by atoms with E-state index < -0.39 is 5.92 Å². The second-order valence-electron chi connectivity index (χ2n) is 12.2. The van der Waals surface area contributed by atoms with Crippen molar-refractivity contribution in [3.63, 3.8) is 0 Å². The van der Waals surface area contributed by atoms with Crippen LogP contribution in [0.15, 0.2) is 82.6 Å². The maximum atomic E-state index is 13.9. The Kier molecular flexibility index (Phi) is 6.92. The van der Waals surface area contributed by atoms with Crippen LogP contribution in [-0.4, -0.2) is 34.6 Å². The van der Waals surface area contributed by atoms with Gasteiger partial charge in [-0.05, 0) is 84.7 Å². The first-order valence-electron chi connectivity index (χ1n) is 14.9. The number of aromatic nitrogens is 1. The van der Waals surface area contributed by atoms with Gasteiger partial charge in [-0.25, -0.2) is 0 Å². The fourth-order valence-electron chi connectivity index (χ4n) is 8.08. The van der Waals surface area contributed by atoms with Crippen molar-refractivity contribution in [2.24, 2.45) is 29.6 Å². The van der Waals surface area contributed by atoms with E-state index in [0.717, 1.165) is 33.1 Å². The number of benzene rings is 3. The van der Waals surface area contributed by atoms with Gasteiger partial charge >= 0.3 is 4.87 Å². The molecule has 3 amide bonds. The summed E-state index contributed by atoms with van der Waals surface area (Å²) in [6.07, 6.45) is 0.800. The van der Waals surface area contributed by atoms with E-state index in [1.165, 1.54) is 16.2 Å². The Morgan fingerprint density at radius 3 is 2.53 bits per heavy atom. The number of aryl methyl sites for hydroxylation is 1. The molecular weight excluding hydrogens is 630 g/mol. The van der Waals surface area contributed by atoms with Gasteiger partial charge in [0.25, 0.3) is 5.91 Å². The number of thiazole rings is 1. The van der Waals surface area contributed by atoms with Gasteiger partial charge in [0.05, 0.1) is 22.5 Å². The fraction of sp³-hybridized carbons (Fsp3) is 0.294. The van der Waals surface area contributed by atoms with Gasteiger partial charge in [0, 0.05) is 26.8 Å². The summed E-state index contributed by atoms with van der Waals surface area (Å²) >= 11 is 8.95. The average molecular weight is 658 g/mol. The van der Waals surface area contributed by atoms with Crippen molar-refractivity contribution in [3.05, 3.63) is 103 Å². The highest BCUT2D eigenvalue weighted by atomic mass is 35.5. The molecule has 1 saturated heterocycles. The smallest absolute Gasteiger partial charge is 0.305 e. The normalized spacial score (nSPS) is 27.7. The largest absolute Gasteiger partial charge is 0.484 e. The summed E-state index contributed by atoms with van der Waals surface area (Å²) in [5.74, 6) is -0.850. The van der Waals surface area contributed by atoms with Crippen LogP contribution in [0.1, 0.15) is 28.3 Å². The minimum Gasteiger partial charge on any atom is -0.484 e. The molecule has 7 atom stereocenters. The number of halogens is 1. The Morgan fingerprint density at radius 2 is 1.76 bits per heavy atom. The third-order valence-electron chi connectivity index (χ3n) is 9.82. The lowest BCUT2D eigenvalue weighted by atomic mass is 9.68. The zero-order valence-corrected chi connectivity index (χ0v) is 26.5. The molecule has 4 unspecified atom stereocenters. The van der Waals surface area contributed by atoms with Crippen LogP contribution in [0.4, 0.5) is 11.4 Å². The molecule has 2 saturated carbocycles. The number of anilines is 2. The minimum absolute atomic E-state index is 0.00827. The van der Waals surface area contributed by atoms with Crippen LogP contribution in [-0.2, 0) is 14.4 Å². The van der Waals surface area contributed by atoms with Gasteiger partial charge in [0.1, 0.15) is 5.75 Å². The van der Waals surface area contributed by atoms with E-state index in [1.54, 1.807) is 36.0 Å². The molecule has 45 heavy (non-hydrogen) atoms. The van der Waals surface area contributed by atoms with Gasteiger partial charge in [0.2, 0.25) is 11.8 Å². The maximum absolute atomic E-state index is 13.9. The van der Waals surface area contributed by atoms with E-state index in [9.17, 15) is 19.2 Å². The Labute approximate surface area is 272 Å². The molecule has 2 N–H and O–H groups in total. The van der Waals surface area contributed by atoms with Crippen LogP contribution in [0.5, 0.6) is 5.75 Å². The number of H-pyrrole nitrogens is 1. The molecule has 1 aromatic heterocycles. The Bertz CT molecular complexity index is 1920. The summed E-state index contributed by atoms with van der Waals surface area (Å²) < 4.78 is 5.95. The number of aromatic amines is 1. The molecule has 8 rings (SSSR count). The molecule has 3 aromatic carbocycles. The number of thioether (sulfide) groups is 1. The van der Waals surface area contributed by atoms with Gasteiger partial charge < -0.3 is 15.0 Å². The Balaban J connectivity index is 1.09. The van der Waals surface area contributed by atoms with Crippen molar-refractivity contribution < 1.29 is 19.1 Å². The van der Waals surface area contributed by atoms with Gasteiger partial charge in [0.15, 0.2) is 6.61 Å². The predicted octanol–water partition coefficient (Wildman–Crippen LogP) is 6.09. The number of para-hydroxylation sites is 1. The van der Waals surface area contributed by atoms with Crippen molar-refractivity contribution in [1.82, 2.24) is 4.98 Å². The second-order valence-corrected chi connectivity index (χ2v) is 14.8. The minimum atomic E-state index is -0.399. The number of rotatable bonds is 6. The summed E-state index contributed by atoms with van der Waals surface area (Å²) in [5.41, 5.74) is 3.22. The monoisotopic (exact) mass is 657 g/mol. The molecule has 2 bridgehead atoms. The summed E-state index contributed by atoms with van der Waals surface area (Å²) in [6.45, 7) is 1.78. The van der Waals surface area contributed by atoms with Gasteiger partial charge in [-0.3, -0.25) is 24.1 Å². The predicted molar refractivity (Wildman–Crippen MR) is 174 cm³/mol. The molecule has 3 fully saturated rings. The zero-order chi connectivity index (χ0) is 31.0. The highest BCUT2D eigenvalue weighted by Gasteiger charge is 2.69. The number of carbonyl (C=O) groups excluding carboxylic acids is 3. The van der Waals surface area contributed by atoms with E-state index in [0.29, 0.717) is 16.5 Å². The van der Waals surface area contributed by atoms with Gasteiger partial charge in [-0.1, -0.05) is 53.3 Å². The first-order valence-corrected chi connectivity index (χ1v) is 17.0. The van der Waals surface area contributed by atoms with E-state index in [-0.39, 0.29) is 64.0 Å². The van der Waals surface area contributed by atoms with Crippen LogP contribution in [0.3, 0.4) is 0 Å². The van der Waals surface area contributed by atoms with Gasteiger partial charge in [-0.2, -0.15) is 0 Å². The molecular formula is C34H28ClN3O5S2.